The van der Waals surface area contributed by atoms with Gasteiger partial charge in [-0.15, -0.1) is 0 Å². The molecule has 1 aliphatic rings. The Morgan fingerprint density at radius 1 is 0.259 bits per heavy atom. The van der Waals surface area contributed by atoms with Crippen molar-refractivity contribution in [2.24, 2.45) is 0 Å². The molecule has 0 saturated carbocycles. The van der Waals surface area contributed by atoms with Crippen LogP contribution in [0.3, 0.4) is 0 Å². The van der Waals surface area contributed by atoms with E-state index in [1.807, 2.05) is 78.9 Å². The number of fused-ring (bicyclic) bond motifs is 10. The molecular weight excluding hydrogens is 989 g/mol. The van der Waals surface area contributed by atoms with Crippen LogP contribution in [0, 0.1) is 0 Å². The molecule has 0 amide bonds. The molecule has 0 unspecified atom stereocenters. The first kappa shape index (κ1) is 46.2. The van der Waals surface area contributed by atoms with Gasteiger partial charge in [0, 0.05) is 49.4 Å². The third kappa shape index (κ3) is 7.24. The van der Waals surface area contributed by atoms with Gasteiger partial charge in [0.25, 0.3) is 0 Å². The Morgan fingerprint density at radius 3 is 1.23 bits per heavy atom. The van der Waals surface area contributed by atoms with Gasteiger partial charge in [0.15, 0.2) is 29.1 Å². The summed E-state index contributed by atoms with van der Waals surface area (Å²) in [6.45, 7) is 0. The maximum atomic E-state index is 5.62. The molecule has 0 saturated heterocycles. The lowest BCUT2D eigenvalue weighted by atomic mass is 9.67. The summed E-state index contributed by atoms with van der Waals surface area (Å²) in [4.78, 5) is 32.1. The van der Waals surface area contributed by atoms with E-state index in [1.54, 1.807) is 0 Å². The molecule has 0 N–H and O–H groups in total. The standard InChI is InChI=1S/C73H46N8/c1-6-24-47(25-7-1)67-74-68(48-26-8-2-9-27-48)77-71(76-67)58-37-19-23-41-64(58)80-62-39-21-17-35-54(62)56-43-44-57-55-36-18-22-40-63(55)81(66(57)65(56)80)72-78-69(49-28-10-3-11-29-49)75-70(79-72)50-42-45-61-59(46-50)53-34-16-20-38-60(53)73(61,51-30-12-4-13-31-51)52-32-14-5-15-33-52/h1-46H. The van der Waals surface area contributed by atoms with Crippen LogP contribution in [0.4, 0.5) is 0 Å². The molecule has 8 heteroatoms. The predicted molar refractivity (Wildman–Crippen MR) is 326 cm³/mol. The Bertz CT molecular complexity index is 4820. The van der Waals surface area contributed by atoms with Crippen LogP contribution < -0.4 is 0 Å². The summed E-state index contributed by atoms with van der Waals surface area (Å²) >= 11 is 0. The van der Waals surface area contributed by atoms with Crippen molar-refractivity contribution in [3.05, 3.63) is 301 Å². The molecule has 0 radical (unpaired) electrons. The van der Waals surface area contributed by atoms with Crippen LogP contribution in [0.15, 0.2) is 279 Å². The van der Waals surface area contributed by atoms with E-state index < -0.39 is 5.41 Å². The quantitative estimate of drug-likeness (QED) is 0.143. The normalized spacial score (nSPS) is 12.5. The number of aromatic nitrogens is 8. The molecule has 0 aliphatic heterocycles. The van der Waals surface area contributed by atoms with Crippen LogP contribution in [0.2, 0.25) is 0 Å². The topological polar surface area (TPSA) is 87.2 Å². The van der Waals surface area contributed by atoms with Crippen LogP contribution in [0.1, 0.15) is 22.3 Å². The molecule has 81 heavy (non-hydrogen) atoms. The molecule has 4 heterocycles. The van der Waals surface area contributed by atoms with Crippen LogP contribution in [0.5, 0.6) is 0 Å². The third-order valence-corrected chi connectivity index (χ3v) is 16.1. The minimum absolute atomic E-state index is 0.504. The summed E-state index contributed by atoms with van der Waals surface area (Å²) in [5.41, 5.74) is 16.0. The van der Waals surface area contributed by atoms with Crippen molar-refractivity contribution in [2.45, 2.75) is 5.41 Å². The highest BCUT2D eigenvalue weighted by atomic mass is 15.2. The van der Waals surface area contributed by atoms with Gasteiger partial charge in [-0.2, -0.15) is 9.97 Å². The molecule has 0 fully saturated rings. The smallest absolute Gasteiger partial charge is 0.238 e. The fraction of sp³-hybridized carbons (Fsp3) is 0.0137. The fourth-order valence-corrected chi connectivity index (χ4v) is 12.6. The van der Waals surface area contributed by atoms with Gasteiger partial charge in [-0.3, -0.25) is 4.57 Å². The van der Waals surface area contributed by atoms with Crippen molar-refractivity contribution < 1.29 is 0 Å². The van der Waals surface area contributed by atoms with Crippen molar-refractivity contribution in [1.29, 1.82) is 0 Å². The predicted octanol–water partition coefficient (Wildman–Crippen LogP) is 16.9. The molecule has 0 spiro atoms. The van der Waals surface area contributed by atoms with Crippen molar-refractivity contribution >= 4 is 43.6 Å². The maximum Gasteiger partial charge on any atom is 0.238 e. The highest BCUT2D eigenvalue weighted by Crippen LogP contribution is 2.56. The largest absolute Gasteiger partial charge is 0.306 e. The lowest BCUT2D eigenvalue weighted by molar-refractivity contribution is 0.768. The van der Waals surface area contributed by atoms with Gasteiger partial charge in [-0.1, -0.05) is 249 Å². The van der Waals surface area contributed by atoms with E-state index in [1.165, 1.54) is 27.8 Å². The second-order valence-corrected chi connectivity index (χ2v) is 20.6. The van der Waals surface area contributed by atoms with Crippen LogP contribution in [-0.4, -0.2) is 39.0 Å². The number of hydrogen-bond donors (Lipinski definition) is 0. The SMILES string of the molecule is c1ccc(-c2nc(-c3ccccc3)nc(-c3ccccc3-n3c4ccccc4c4ccc5c6ccccc6n(-c6nc(-c7ccccc7)nc(-c7ccc8c(c7)-c7ccccc7C8(c7ccccc7)c7ccccc7)n6)c5c43)n2)cc1. The summed E-state index contributed by atoms with van der Waals surface area (Å²) in [7, 11) is 0. The van der Waals surface area contributed by atoms with E-state index in [4.69, 9.17) is 29.9 Å². The van der Waals surface area contributed by atoms with E-state index in [2.05, 4.69) is 209 Å². The first-order valence-electron chi connectivity index (χ1n) is 27.3. The van der Waals surface area contributed by atoms with E-state index in [0.29, 0.717) is 35.1 Å². The van der Waals surface area contributed by atoms with Crippen molar-refractivity contribution in [1.82, 2.24) is 39.0 Å². The highest BCUT2D eigenvalue weighted by molar-refractivity contribution is 6.24. The number of benzene rings is 11. The molecule has 16 rings (SSSR count). The molecular formula is C73H46N8. The number of hydrogen-bond acceptors (Lipinski definition) is 6. The summed E-state index contributed by atoms with van der Waals surface area (Å²) in [5.74, 6) is 3.40. The fourth-order valence-electron chi connectivity index (χ4n) is 12.6. The van der Waals surface area contributed by atoms with Gasteiger partial charge in [0.2, 0.25) is 5.95 Å². The van der Waals surface area contributed by atoms with Crippen molar-refractivity contribution in [3.8, 4) is 79.7 Å². The molecule has 4 aromatic heterocycles. The summed E-state index contributed by atoms with van der Waals surface area (Å²) in [6, 6.07) is 98.1. The second kappa shape index (κ2) is 18.6. The lowest BCUT2D eigenvalue weighted by Crippen LogP contribution is -2.28. The molecule has 0 atom stereocenters. The highest BCUT2D eigenvalue weighted by Gasteiger charge is 2.46. The van der Waals surface area contributed by atoms with Crippen molar-refractivity contribution in [3.63, 3.8) is 0 Å². The van der Waals surface area contributed by atoms with E-state index >= 15 is 0 Å². The second-order valence-electron chi connectivity index (χ2n) is 20.6. The lowest BCUT2D eigenvalue weighted by Gasteiger charge is -2.33. The first-order chi connectivity index (χ1) is 40.2. The van der Waals surface area contributed by atoms with Gasteiger partial charge in [-0.25, -0.2) is 19.9 Å². The number of para-hydroxylation sites is 3. The summed E-state index contributed by atoms with van der Waals surface area (Å²) in [5, 5.41) is 4.33. The van der Waals surface area contributed by atoms with Crippen LogP contribution in [-0.2, 0) is 5.41 Å². The van der Waals surface area contributed by atoms with Crippen molar-refractivity contribution in [2.75, 3.05) is 0 Å². The third-order valence-electron chi connectivity index (χ3n) is 16.1. The van der Waals surface area contributed by atoms with E-state index in [-0.39, 0.29) is 0 Å². The van der Waals surface area contributed by atoms with Crippen LogP contribution in [0.25, 0.3) is 123 Å². The van der Waals surface area contributed by atoms with Gasteiger partial charge in [0.05, 0.1) is 33.2 Å². The Labute approximate surface area is 466 Å². The minimum Gasteiger partial charge on any atom is -0.306 e. The van der Waals surface area contributed by atoms with Gasteiger partial charge < -0.3 is 4.57 Å². The van der Waals surface area contributed by atoms with Gasteiger partial charge in [0.1, 0.15) is 0 Å². The molecule has 15 aromatic rings. The molecule has 1 aliphatic carbocycles. The maximum absolute atomic E-state index is 5.62. The Kier molecular flexibility index (Phi) is 10.6. The molecule has 378 valence electrons. The van der Waals surface area contributed by atoms with Gasteiger partial charge in [-0.05, 0) is 63.7 Å². The zero-order valence-corrected chi connectivity index (χ0v) is 43.6. The summed E-state index contributed by atoms with van der Waals surface area (Å²) in [6.07, 6.45) is 0. The average Bonchev–Trinajstić information content (AvgIpc) is 3.46. The van der Waals surface area contributed by atoms with Crippen LogP contribution >= 0.6 is 0 Å². The average molecular weight is 1040 g/mol. The minimum atomic E-state index is -0.546. The Morgan fingerprint density at radius 2 is 0.667 bits per heavy atom. The zero-order valence-electron chi connectivity index (χ0n) is 43.6. The Balaban J connectivity index is 0.963. The zero-order chi connectivity index (χ0) is 53.4. The first-order valence-corrected chi connectivity index (χ1v) is 27.3. The summed E-state index contributed by atoms with van der Waals surface area (Å²) < 4.78 is 4.64. The molecule has 0 bridgehead atoms. The monoisotopic (exact) mass is 1030 g/mol. The number of nitrogens with zero attached hydrogens (tertiary/aromatic N) is 8. The number of rotatable bonds is 9. The van der Waals surface area contributed by atoms with E-state index in [9.17, 15) is 0 Å². The van der Waals surface area contributed by atoms with E-state index in [0.717, 1.165) is 82.7 Å². The van der Waals surface area contributed by atoms with Gasteiger partial charge >= 0.3 is 0 Å². The molecule has 8 nitrogen and oxygen atoms in total. The molecule has 11 aromatic carbocycles. The Hall–Kier alpha value is -11.0.